The number of fused-ring (bicyclic) bond motifs is 2. The highest BCUT2D eigenvalue weighted by molar-refractivity contribution is 6.00. The summed E-state index contributed by atoms with van der Waals surface area (Å²) in [6.45, 7) is 6.46. The van der Waals surface area contributed by atoms with Crippen molar-refractivity contribution in [2.45, 2.75) is 52.1 Å². The van der Waals surface area contributed by atoms with E-state index in [0.717, 1.165) is 12.8 Å². The number of hydrogen-bond acceptors (Lipinski definition) is 3. The number of carbonyl (C=O) groups excluding carboxylic acids is 2. The van der Waals surface area contributed by atoms with Crippen LogP contribution in [0.1, 0.15) is 46.5 Å². The lowest BCUT2D eigenvalue weighted by molar-refractivity contribution is -0.206. The smallest absolute Gasteiger partial charge is 0.159 e. The SMILES string of the molecule is CC1(C)[C@H]2CC(=O)C=C3O[C@@]4(C)CC[C@@H]1[C@]32C(=O)C4. The predicted molar refractivity (Wildman–Crippen MR) is 69.2 cm³/mol. The van der Waals surface area contributed by atoms with Gasteiger partial charge >= 0.3 is 0 Å². The second-order valence-corrected chi connectivity index (χ2v) is 7.67. The van der Waals surface area contributed by atoms with Crippen molar-refractivity contribution < 1.29 is 14.3 Å². The molecule has 3 heteroatoms. The first-order chi connectivity index (χ1) is 8.81. The Balaban J connectivity index is 1.97. The molecule has 4 atom stereocenters. The molecule has 2 bridgehead atoms. The third kappa shape index (κ3) is 1.08. The molecular formula is C16H20O3. The van der Waals surface area contributed by atoms with Crippen LogP contribution in [0.3, 0.4) is 0 Å². The standard InChI is InChI=1S/C16H20O3/c1-14(2)10-4-5-15(3)8-12(18)16(10)11(14)6-9(17)7-13(16)19-15/h7,10-11H,4-6,8H2,1-3H3/t10-,11+,15-,16-/m0/s1. The molecule has 0 aromatic rings. The second kappa shape index (κ2) is 2.97. The molecule has 3 aliphatic carbocycles. The predicted octanol–water partition coefficient (Wildman–Crippen LogP) is 2.64. The average molecular weight is 260 g/mol. The Hall–Kier alpha value is -1.12. The number of rotatable bonds is 0. The molecule has 5 aliphatic rings. The van der Waals surface area contributed by atoms with Gasteiger partial charge in [-0.15, -0.1) is 0 Å². The molecule has 0 aromatic heterocycles. The van der Waals surface area contributed by atoms with Crippen LogP contribution in [0.4, 0.5) is 0 Å². The van der Waals surface area contributed by atoms with E-state index in [2.05, 4.69) is 13.8 Å². The van der Waals surface area contributed by atoms with Gasteiger partial charge in [0.1, 0.15) is 11.4 Å². The lowest BCUT2D eigenvalue weighted by atomic mass is 9.35. The second-order valence-electron chi connectivity index (χ2n) is 7.67. The van der Waals surface area contributed by atoms with Gasteiger partial charge in [0.25, 0.3) is 0 Å². The van der Waals surface area contributed by atoms with Crippen molar-refractivity contribution in [1.29, 1.82) is 0 Å². The topological polar surface area (TPSA) is 43.4 Å². The average Bonchev–Trinajstić information content (AvgIpc) is 2.47. The van der Waals surface area contributed by atoms with Gasteiger partial charge in [0, 0.05) is 18.9 Å². The van der Waals surface area contributed by atoms with Crippen molar-refractivity contribution in [3.63, 3.8) is 0 Å². The van der Waals surface area contributed by atoms with Gasteiger partial charge in [-0.2, -0.15) is 0 Å². The van der Waals surface area contributed by atoms with Gasteiger partial charge in [0.05, 0.1) is 5.41 Å². The van der Waals surface area contributed by atoms with Crippen molar-refractivity contribution in [2.24, 2.45) is 22.7 Å². The lowest BCUT2D eigenvalue weighted by Crippen LogP contribution is -2.69. The van der Waals surface area contributed by atoms with Gasteiger partial charge in [-0.05, 0) is 37.0 Å². The minimum absolute atomic E-state index is 0.0732. The first-order valence-electron chi connectivity index (χ1n) is 7.28. The quantitative estimate of drug-likeness (QED) is 0.672. The Morgan fingerprint density at radius 3 is 2.68 bits per heavy atom. The molecule has 0 N–H and O–H groups in total. The number of allylic oxidation sites excluding steroid dienone is 2. The minimum atomic E-state index is -0.451. The Morgan fingerprint density at radius 2 is 1.95 bits per heavy atom. The fourth-order valence-electron chi connectivity index (χ4n) is 5.47. The molecule has 1 spiro atoms. The highest BCUT2D eigenvalue weighted by atomic mass is 16.5. The van der Waals surface area contributed by atoms with Crippen LogP contribution in [0.25, 0.3) is 0 Å². The van der Waals surface area contributed by atoms with E-state index in [4.69, 9.17) is 4.74 Å². The number of carbonyl (C=O) groups is 2. The van der Waals surface area contributed by atoms with Gasteiger partial charge in [-0.3, -0.25) is 9.59 Å². The number of hydrogen-bond donors (Lipinski definition) is 0. The molecular weight excluding hydrogens is 240 g/mol. The Bertz CT molecular complexity index is 544. The summed E-state index contributed by atoms with van der Waals surface area (Å²) in [6.07, 6.45) is 4.61. The molecule has 2 saturated carbocycles. The van der Waals surface area contributed by atoms with Gasteiger partial charge in [0.15, 0.2) is 11.6 Å². The van der Waals surface area contributed by atoms with Crippen LogP contribution in [-0.4, -0.2) is 17.2 Å². The third-order valence-corrected chi connectivity index (χ3v) is 6.31. The molecule has 2 aliphatic heterocycles. The first-order valence-corrected chi connectivity index (χ1v) is 7.28. The molecule has 5 rings (SSSR count). The summed E-state index contributed by atoms with van der Waals surface area (Å²) in [4.78, 5) is 24.8. The number of ketones is 2. The van der Waals surface area contributed by atoms with E-state index >= 15 is 0 Å². The maximum absolute atomic E-state index is 12.8. The van der Waals surface area contributed by atoms with Crippen molar-refractivity contribution in [3.8, 4) is 0 Å². The van der Waals surface area contributed by atoms with E-state index in [0.29, 0.717) is 30.3 Å². The van der Waals surface area contributed by atoms with Crippen LogP contribution in [0.2, 0.25) is 0 Å². The Kier molecular flexibility index (Phi) is 1.82. The maximum atomic E-state index is 12.8. The molecule has 0 aromatic carbocycles. The highest BCUT2D eigenvalue weighted by Gasteiger charge is 2.76. The summed E-state index contributed by atoms with van der Waals surface area (Å²) < 4.78 is 6.15. The zero-order valence-electron chi connectivity index (χ0n) is 11.8. The van der Waals surface area contributed by atoms with Crippen LogP contribution in [-0.2, 0) is 14.3 Å². The van der Waals surface area contributed by atoms with Gasteiger partial charge < -0.3 is 4.74 Å². The summed E-state index contributed by atoms with van der Waals surface area (Å²) in [5.41, 5.74) is -0.763. The number of Topliss-reactive ketones (excluding diaryl/α,β-unsaturated/α-hetero) is 1. The normalized spacial score (nSPS) is 49.7. The molecule has 2 heterocycles. The summed E-state index contributed by atoms with van der Waals surface area (Å²) in [5.74, 6) is 1.65. The van der Waals surface area contributed by atoms with Crippen LogP contribution in [0, 0.1) is 22.7 Å². The molecule has 2 saturated heterocycles. The largest absolute Gasteiger partial charge is 0.490 e. The van der Waals surface area contributed by atoms with Crippen molar-refractivity contribution in [3.05, 3.63) is 11.8 Å². The lowest BCUT2D eigenvalue weighted by Gasteiger charge is -2.67. The summed E-state index contributed by atoms with van der Waals surface area (Å²) in [7, 11) is 0. The zero-order valence-corrected chi connectivity index (χ0v) is 11.8. The van der Waals surface area contributed by atoms with E-state index in [1.54, 1.807) is 6.08 Å². The molecule has 0 radical (unpaired) electrons. The van der Waals surface area contributed by atoms with E-state index in [9.17, 15) is 9.59 Å². The Labute approximate surface area is 113 Å². The van der Waals surface area contributed by atoms with Gasteiger partial charge in [0.2, 0.25) is 0 Å². The summed E-state index contributed by atoms with van der Waals surface area (Å²) >= 11 is 0. The fraction of sp³-hybridized carbons (Fsp3) is 0.750. The van der Waals surface area contributed by atoms with Gasteiger partial charge in [-0.25, -0.2) is 0 Å². The Morgan fingerprint density at radius 1 is 1.21 bits per heavy atom. The van der Waals surface area contributed by atoms with Crippen LogP contribution in [0.5, 0.6) is 0 Å². The van der Waals surface area contributed by atoms with Crippen LogP contribution >= 0.6 is 0 Å². The monoisotopic (exact) mass is 260 g/mol. The van der Waals surface area contributed by atoms with Crippen molar-refractivity contribution >= 4 is 11.6 Å². The summed E-state index contributed by atoms with van der Waals surface area (Å²) in [5, 5.41) is 0. The van der Waals surface area contributed by atoms with E-state index in [1.165, 1.54) is 0 Å². The summed E-state index contributed by atoms with van der Waals surface area (Å²) in [6, 6.07) is 0. The molecule has 4 fully saturated rings. The molecule has 3 nitrogen and oxygen atoms in total. The molecule has 102 valence electrons. The number of ether oxygens (including phenoxy) is 1. The first kappa shape index (κ1) is 11.7. The molecule has 0 unspecified atom stereocenters. The maximum Gasteiger partial charge on any atom is 0.159 e. The zero-order chi connectivity index (χ0) is 13.6. The van der Waals surface area contributed by atoms with Crippen molar-refractivity contribution in [1.82, 2.24) is 0 Å². The van der Waals surface area contributed by atoms with E-state index < -0.39 is 5.41 Å². The van der Waals surface area contributed by atoms with E-state index in [1.807, 2.05) is 6.92 Å². The molecule has 0 amide bonds. The molecule has 19 heavy (non-hydrogen) atoms. The fourth-order valence-corrected chi connectivity index (χ4v) is 5.47. The third-order valence-electron chi connectivity index (χ3n) is 6.31. The van der Waals surface area contributed by atoms with Crippen LogP contribution in [0.15, 0.2) is 11.8 Å². The van der Waals surface area contributed by atoms with Crippen LogP contribution < -0.4 is 0 Å². The van der Waals surface area contributed by atoms with Crippen molar-refractivity contribution in [2.75, 3.05) is 0 Å². The van der Waals surface area contributed by atoms with E-state index in [-0.39, 0.29) is 22.7 Å². The minimum Gasteiger partial charge on any atom is -0.490 e. The highest BCUT2D eigenvalue weighted by Crippen LogP contribution is 2.74. The van der Waals surface area contributed by atoms with Gasteiger partial charge in [-0.1, -0.05) is 13.8 Å².